The van der Waals surface area contributed by atoms with Crippen molar-refractivity contribution < 1.29 is 4.79 Å². The van der Waals surface area contributed by atoms with Crippen LogP contribution < -0.4 is 5.32 Å². The fraction of sp³-hybridized carbons (Fsp3) is 0.318. The summed E-state index contributed by atoms with van der Waals surface area (Å²) in [5, 5.41) is 11.8. The summed E-state index contributed by atoms with van der Waals surface area (Å²) in [5.74, 6) is 0.0277. The highest BCUT2D eigenvalue weighted by atomic mass is 16.2. The Bertz CT molecular complexity index is 951. The highest BCUT2D eigenvalue weighted by Gasteiger charge is 2.29. The molecule has 1 N–H and O–H groups in total. The zero-order valence-corrected chi connectivity index (χ0v) is 16.1. The van der Waals surface area contributed by atoms with Crippen LogP contribution >= 0.6 is 0 Å². The molecule has 0 aliphatic carbocycles. The summed E-state index contributed by atoms with van der Waals surface area (Å²) in [7, 11) is 0. The zero-order chi connectivity index (χ0) is 19.3. The number of carbonyl (C=O) groups is 1. The summed E-state index contributed by atoms with van der Waals surface area (Å²) in [6.07, 6.45) is 0.856. The Morgan fingerprint density at radius 3 is 2.61 bits per heavy atom. The number of benzene rings is 2. The number of hydrogen-bond acceptors (Lipinski definition) is 4. The van der Waals surface area contributed by atoms with Gasteiger partial charge in [-0.25, -0.2) is 4.68 Å². The van der Waals surface area contributed by atoms with Gasteiger partial charge in [0.2, 0.25) is 0 Å². The smallest absolute Gasteiger partial charge is 0.274 e. The highest BCUT2D eigenvalue weighted by Crippen LogP contribution is 2.16. The highest BCUT2D eigenvalue weighted by molar-refractivity contribution is 5.94. The molecule has 4 rings (SSSR count). The van der Waals surface area contributed by atoms with Crippen molar-refractivity contribution in [3.8, 4) is 0 Å². The molecule has 0 radical (unpaired) electrons. The summed E-state index contributed by atoms with van der Waals surface area (Å²) in [4.78, 5) is 14.9. The van der Waals surface area contributed by atoms with Gasteiger partial charge in [-0.1, -0.05) is 59.8 Å². The standard InChI is InChI=1S/C22H25N5O/c1-17-7-5-6-10-19(17)15-23-16-20-21-22(28)26(13-14-27(21)25-24-20)12-11-18-8-3-2-4-9-18/h2-10,23H,11-16H2,1H3. The van der Waals surface area contributed by atoms with Gasteiger partial charge < -0.3 is 10.2 Å². The van der Waals surface area contributed by atoms with E-state index in [9.17, 15) is 4.79 Å². The number of nitrogens with zero attached hydrogens (tertiary/aromatic N) is 4. The third-order valence-electron chi connectivity index (χ3n) is 5.26. The average molecular weight is 375 g/mol. The molecule has 1 amide bonds. The third-order valence-corrected chi connectivity index (χ3v) is 5.26. The van der Waals surface area contributed by atoms with Crippen molar-refractivity contribution in [3.05, 3.63) is 82.7 Å². The monoisotopic (exact) mass is 375 g/mol. The van der Waals surface area contributed by atoms with E-state index >= 15 is 0 Å². The van der Waals surface area contributed by atoms with Gasteiger partial charge in [0.15, 0.2) is 5.69 Å². The van der Waals surface area contributed by atoms with E-state index in [2.05, 4.69) is 46.8 Å². The van der Waals surface area contributed by atoms with Gasteiger partial charge in [-0.3, -0.25) is 4.79 Å². The average Bonchev–Trinajstić information content (AvgIpc) is 3.14. The zero-order valence-electron chi connectivity index (χ0n) is 16.1. The molecule has 1 aromatic heterocycles. The number of rotatable bonds is 7. The van der Waals surface area contributed by atoms with E-state index in [1.807, 2.05) is 35.2 Å². The maximum Gasteiger partial charge on any atom is 0.274 e. The van der Waals surface area contributed by atoms with Crippen LogP contribution in [0.4, 0.5) is 0 Å². The van der Waals surface area contributed by atoms with Crippen LogP contribution in [0.25, 0.3) is 0 Å². The van der Waals surface area contributed by atoms with Crippen molar-refractivity contribution in [2.24, 2.45) is 0 Å². The predicted octanol–water partition coefficient (Wildman–Crippen LogP) is 2.57. The molecule has 144 valence electrons. The van der Waals surface area contributed by atoms with Gasteiger partial charge in [0.05, 0.1) is 6.54 Å². The Hall–Kier alpha value is -2.99. The third kappa shape index (κ3) is 3.97. The molecule has 28 heavy (non-hydrogen) atoms. The minimum absolute atomic E-state index is 0.0277. The summed E-state index contributed by atoms with van der Waals surface area (Å²) < 4.78 is 1.74. The Labute approximate surface area is 165 Å². The first-order valence-electron chi connectivity index (χ1n) is 9.73. The number of carbonyl (C=O) groups excluding carboxylic acids is 1. The van der Waals surface area contributed by atoms with E-state index in [1.165, 1.54) is 16.7 Å². The molecule has 0 bridgehead atoms. The molecule has 2 heterocycles. The SMILES string of the molecule is Cc1ccccc1CNCc1nnn2c1C(=O)N(CCc1ccccc1)CC2. The second-order valence-corrected chi connectivity index (χ2v) is 7.17. The molecule has 0 spiro atoms. The van der Waals surface area contributed by atoms with Crippen LogP contribution in [0.1, 0.15) is 32.9 Å². The molecular formula is C22H25N5O. The lowest BCUT2D eigenvalue weighted by molar-refractivity contribution is 0.0698. The molecule has 0 fully saturated rings. The van der Waals surface area contributed by atoms with Crippen LogP contribution in [0.3, 0.4) is 0 Å². The van der Waals surface area contributed by atoms with Crippen LogP contribution in [0.5, 0.6) is 0 Å². The Morgan fingerprint density at radius 1 is 1.00 bits per heavy atom. The molecule has 0 saturated heterocycles. The lowest BCUT2D eigenvalue weighted by Gasteiger charge is -2.27. The van der Waals surface area contributed by atoms with E-state index in [0.29, 0.717) is 31.9 Å². The number of aryl methyl sites for hydroxylation is 1. The summed E-state index contributed by atoms with van der Waals surface area (Å²) >= 11 is 0. The molecule has 1 aliphatic rings. The van der Waals surface area contributed by atoms with Gasteiger partial charge in [-0.15, -0.1) is 5.10 Å². The number of aromatic nitrogens is 3. The lowest BCUT2D eigenvalue weighted by atomic mass is 10.1. The second kappa shape index (κ2) is 8.35. The summed E-state index contributed by atoms with van der Waals surface area (Å²) in [6, 6.07) is 18.6. The van der Waals surface area contributed by atoms with Crippen molar-refractivity contribution in [1.82, 2.24) is 25.2 Å². The number of hydrogen-bond donors (Lipinski definition) is 1. The van der Waals surface area contributed by atoms with Gasteiger partial charge >= 0.3 is 0 Å². The van der Waals surface area contributed by atoms with Crippen molar-refractivity contribution in [2.75, 3.05) is 13.1 Å². The molecule has 6 nitrogen and oxygen atoms in total. The molecule has 0 atom stereocenters. The second-order valence-electron chi connectivity index (χ2n) is 7.17. The fourth-order valence-corrected chi connectivity index (χ4v) is 3.57. The summed E-state index contributed by atoms with van der Waals surface area (Å²) in [5.41, 5.74) is 5.09. The molecule has 1 aliphatic heterocycles. The van der Waals surface area contributed by atoms with Crippen LogP contribution in [0.2, 0.25) is 0 Å². The van der Waals surface area contributed by atoms with E-state index in [1.54, 1.807) is 4.68 Å². The minimum atomic E-state index is 0.0277. The van der Waals surface area contributed by atoms with Gasteiger partial charge in [0.1, 0.15) is 5.69 Å². The number of fused-ring (bicyclic) bond motifs is 1. The van der Waals surface area contributed by atoms with Crippen LogP contribution in [0.15, 0.2) is 54.6 Å². The largest absolute Gasteiger partial charge is 0.335 e. The van der Waals surface area contributed by atoms with E-state index in [0.717, 1.165) is 18.7 Å². The minimum Gasteiger partial charge on any atom is -0.335 e. The van der Waals surface area contributed by atoms with Crippen molar-refractivity contribution in [2.45, 2.75) is 33.0 Å². The fourth-order valence-electron chi connectivity index (χ4n) is 3.57. The number of nitrogens with one attached hydrogen (secondary N) is 1. The Kier molecular flexibility index (Phi) is 5.48. The first kappa shape index (κ1) is 18.4. The first-order chi connectivity index (χ1) is 13.7. The summed E-state index contributed by atoms with van der Waals surface area (Å²) in [6.45, 7) is 5.46. The molecule has 6 heteroatoms. The van der Waals surface area contributed by atoms with Gasteiger partial charge in [0, 0.05) is 26.2 Å². The maximum atomic E-state index is 13.0. The van der Waals surface area contributed by atoms with Gasteiger partial charge in [-0.2, -0.15) is 0 Å². The predicted molar refractivity (Wildman–Crippen MR) is 108 cm³/mol. The number of amides is 1. The topological polar surface area (TPSA) is 63.1 Å². The van der Waals surface area contributed by atoms with E-state index in [-0.39, 0.29) is 5.91 Å². The normalized spacial score (nSPS) is 13.6. The van der Waals surface area contributed by atoms with Gasteiger partial charge in [-0.05, 0) is 30.0 Å². The van der Waals surface area contributed by atoms with Gasteiger partial charge in [0.25, 0.3) is 5.91 Å². The van der Waals surface area contributed by atoms with E-state index in [4.69, 9.17) is 0 Å². The molecular weight excluding hydrogens is 350 g/mol. The molecule has 2 aromatic carbocycles. The molecule has 0 unspecified atom stereocenters. The van der Waals surface area contributed by atoms with Crippen molar-refractivity contribution in [1.29, 1.82) is 0 Å². The Morgan fingerprint density at radius 2 is 1.79 bits per heavy atom. The molecule has 3 aromatic rings. The lowest BCUT2D eigenvalue weighted by Crippen LogP contribution is -2.42. The van der Waals surface area contributed by atoms with Crippen LogP contribution in [-0.2, 0) is 26.1 Å². The quantitative estimate of drug-likeness (QED) is 0.689. The van der Waals surface area contributed by atoms with Crippen molar-refractivity contribution >= 4 is 5.91 Å². The Balaban J connectivity index is 1.39. The first-order valence-corrected chi connectivity index (χ1v) is 9.73. The van der Waals surface area contributed by atoms with Crippen molar-refractivity contribution in [3.63, 3.8) is 0 Å². The van der Waals surface area contributed by atoms with E-state index < -0.39 is 0 Å². The maximum absolute atomic E-state index is 13.0. The van der Waals surface area contributed by atoms with Crippen LogP contribution in [-0.4, -0.2) is 38.9 Å². The molecule has 0 saturated carbocycles. The van der Waals surface area contributed by atoms with Crippen LogP contribution in [0, 0.1) is 6.92 Å².